The molecule has 0 aliphatic carbocycles. The average Bonchev–Trinajstić information content (AvgIpc) is 2.73. The third kappa shape index (κ3) is 4.07. The highest BCUT2D eigenvalue weighted by Crippen LogP contribution is 1.99. The standard InChI is InChI=1S/C11H22N6/c1-15(9-11-10-16(2)14-13-11)7-8-17-5-3-12-4-6-17/h10,12H,3-9H2,1-2H3. The highest BCUT2D eigenvalue weighted by atomic mass is 15.4. The van der Waals surface area contributed by atoms with Gasteiger partial charge in [0, 0.05) is 59.1 Å². The molecule has 0 spiro atoms. The van der Waals surface area contributed by atoms with Crippen LogP contribution >= 0.6 is 0 Å². The number of hydrogen-bond donors (Lipinski definition) is 1. The molecule has 0 atom stereocenters. The normalized spacial score (nSPS) is 17.8. The first kappa shape index (κ1) is 12.5. The Hall–Kier alpha value is -0.980. The van der Waals surface area contributed by atoms with Crippen LogP contribution in [0, 0.1) is 0 Å². The zero-order valence-corrected chi connectivity index (χ0v) is 10.8. The van der Waals surface area contributed by atoms with E-state index in [4.69, 9.17) is 0 Å². The lowest BCUT2D eigenvalue weighted by atomic mass is 10.3. The van der Waals surface area contributed by atoms with Crippen molar-refractivity contribution >= 4 is 0 Å². The van der Waals surface area contributed by atoms with Crippen LogP contribution in [0.2, 0.25) is 0 Å². The van der Waals surface area contributed by atoms with Gasteiger partial charge in [-0.25, -0.2) is 0 Å². The van der Waals surface area contributed by atoms with Crippen molar-refractivity contribution in [2.24, 2.45) is 7.05 Å². The molecule has 1 aromatic heterocycles. The van der Waals surface area contributed by atoms with Crippen LogP contribution in [0.5, 0.6) is 0 Å². The molecule has 6 nitrogen and oxygen atoms in total. The number of aryl methyl sites for hydroxylation is 1. The van der Waals surface area contributed by atoms with Crippen molar-refractivity contribution in [3.05, 3.63) is 11.9 Å². The van der Waals surface area contributed by atoms with Gasteiger partial charge in [-0.05, 0) is 7.05 Å². The van der Waals surface area contributed by atoms with E-state index in [0.717, 1.165) is 38.4 Å². The fourth-order valence-corrected chi connectivity index (χ4v) is 2.07. The predicted octanol–water partition coefficient (Wildman–Crippen LogP) is -0.848. The van der Waals surface area contributed by atoms with Crippen molar-refractivity contribution in [3.63, 3.8) is 0 Å². The minimum atomic E-state index is 0.875. The van der Waals surface area contributed by atoms with Gasteiger partial charge in [0.25, 0.3) is 0 Å². The van der Waals surface area contributed by atoms with Crippen LogP contribution in [-0.4, -0.2) is 71.1 Å². The van der Waals surface area contributed by atoms with Crippen molar-refractivity contribution in [2.75, 3.05) is 46.3 Å². The average molecular weight is 238 g/mol. The Morgan fingerprint density at radius 1 is 1.41 bits per heavy atom. The third-order valence-electron chi connectivity index (χ3n) is 3.09. The van der Waals surface area contributed by atoms with Gasteiger partial charge in [0.15, 0.2) is 0 Å². The van der Waals surface area contributed by atoms with Gasteiger partial charge in [-0.3, -0.25) is 14.5 Å². The van der Waals surface area contributed by atoms with E-state index in [2.05, 4.69) is 32.5 Å². The minimum Gasteiger partial charge on any atom is -0.314 e. The summed E-state index contributed by atoms with van der Waals surface area (Å²) in [6, 6.07) is 0. The van der Waals surface area contributed by atoms with E-state index in [1.54, 1.807) is 4.68 Å². The van der Waals surface area contributed by atoms with Gasteiger partial charge in [-0.1, -0.05) is 5.21 Å². The summed E-state index contributed by atoms with van der Waals surface area (Å²) >= 11 is 0. The number of likely N-dealkylation sites (N-methyl/N-ethyl adjacent to an activating group) is 1. The van der Waals surface area contributed by atoms with Crippen LogP contribution in [0.15, 0.2) is 6.20 Å². The van der Waals surface area contributed by atoms with E-state index < -0.39 is 0 Å². The summed E-state index contributed by atoms with van der Waals surface area (Å²) in [4.78, 5) is 4.80. The monoisotopic (exact) mass is 238 g/mol. The fraction of sp³-hybridized carbons (Fsp3) is 0.818. The van der Waals surface area contributed by atoms with Crippen molar-refractivity contribution in [1.29, 1.82) is 0 Å². The largest absolute Gasteiger partial charge is 0.314 e. The quantitative estimate of drug-likeness (QED) is 0.724. The summed E-state index contributed by atoms with van der Waals surface area (Å²) in [7, 11) is 4.04. The van der Waals surface area contributed by atoms with E-state index in [1.807, 2.05) is 13.2 Å². The second kappa shape index (κ2) is 6.09. The van der Waals surface area contributed by atoms with Crippen LogP contribution in [0.3, 0.4) is 0 Å². The topological polar surface area (TPSA) is 49.2 Å². The van der Waals surface area contributed by atoms with Crippen LogP contribution in [0.4, 0.5) is 0 Å². The van der Waals surface area contributed by atoms with Gasteiger partial charge in [0.2, 0.25) is 0 Å². The molecule has 0 bridgehead atoms. The van der Waals surface area contributed by atoms with Crippen LogP contribution in [-0.2, 0) is 13.6 Å². The first-order valence-corrected chi connectivity index (χ1v) is 6.21. The van der Waals surface area contributed by atoms with Crippen LogP contribution < -0.4 is 5.32 Å². The summed E-state index contributed by atoms with van der Waals surface area (Å²) in [6.45, 7) is 7.66. The third-order valence-corrected chi connectivity index (χ3v) is 3.09. The smallest absolute Gasteiger partial charge is 0.0966 e. The van der Waals surface area contributed by atoms with Gasteiger partial charge in [-0.2, -0.15) is 0 Å². The van der Waals surface area contributed by atoms with Crippen LogP contribution in [0.1, 0.15) is 5.69 Å². The maximum absolute atomic E-state index is 4.10. The molecule has 17 heavy (non-hydrogen) atoms. The zero-order chi connectivity index (χ0) is 12.1. The van der Waals surface area contributed by atoms with Gasteiger partial charge in [0.1, 0.15) is 0 Å². The molecule has 0 unspecified atom stereocenters. The summed E-state index contributed by atoms with van der Waals surface area (Å²) in [5.74, 6) is 0. The number of hydrogen-bond acceptors (Lipinski definition) is 5. The molecule has 1 fully saturated rings. The molecule has 6 heteroatoms. The van der Waals surface area contributed by atoms with E-state index in [0.29, 0.717) is 0 Å². The highest BCUT2D eigenvalue weighted by molar-refractivity contribution is 4.91. The van der Waals surface area contributed by atoms with Gasteiger partial charge in [-0.15, -0.1) is 5.10 Å². The Labute approximate surface area is 103 Å². The Morgan fingerprint density at radius 3 is 2.82 bits per heavy atom. The lowest BCUT2D eigenvalue weighted by Crippen LogP contribution is -2.45. The van der Waals surface area contributed by atoms with Gasteiger partial charge in [0.05, 0.1) is 5.69 Å². The molecule has 0 amide bonds. The maximum atomic E-state index is 4.10. The number of rotatable bonds is 5. The Balaban J connectivity index is 1.68. The number of nitrogens with zero attached hydrogens (tertiary/aromatic N) is 5. The lowest BCUT2D eigenvalue weighted by molar-refractivity contribution is 0.201. The highest BCUT2D eigenvalue weighted by Gasteiger charge is 2.10. The first-order valence-electron chi connectivity index (χ1n) is 6.21. The zero-order valence-electron chi connectivity index (χ0n) is 10.8. The van der Waals surface area contributed by atoms with Crippen molar-refractivity contribution in [2.45, 2.75) is 6.54 Å². The molecule has 1 aliphatic heterocycles. The van der Waals surface area contributed by atoms with E-state index in [-0.39, 0.29) is 0 Å². The Kier molecular flexibility index (Phi) is 4.47. The second-order valence-corrected chi connectivity index (χ2v) is 4.71. The molecular formula is C11H22N6. The molecule has 2 rings (SSSR count). The van der Waals surface area contributed by atoms with Gasteiger partial charge < -0.3 is 5.32 Å². The first-order chi connectivity index (χ1) is 8.24. The molecule has 0 saturated carbocycles. The molecule has 1 aliphatic rings. The molecule has 0 radical (unpaired) electrons. The maximum Gasteiger partial charge on any atom is 0.0966 e. The van der Waals surface area contributed by atoms with Crippen molar-refractivity contribution in [1.82, 2.24) is 30.1 Å². The van der Waals surface area contributed by atoms with Crippen LogP contribution in [0.25, 0.3) is 0 Å². The molecular weight excluding hydrogens is 216 g/mol. The summed E-state index contributed by atoms with van der Waals surface area (Å²) in [5.41, 5.74) is 1.04. The summed E-state index contributed by atoms with van der Waals surface area (Å²) in [5, 5.41) is 11.4. The van der Waals surface area contributed by atoms with E-state index >= 15 is 0 Å². The van der Waals surface area contributed by atoms with Gasteiger partial charge >= 0.3 is 0 Å². The number of aromatic nitrogens is 3. The van der Waals surface area contributed by atoms with E-state index in [1.165, 1.54) is 13.1 Å². The number of piperazine rings is 1. The summed E-state index contributed by atoms with van der Waals surface area (Å²) in [6.07, 6.45) is 1.97. The molecule has 1 aromatic rings. The molecule has 1 saturated heterocycles. The molecule has 0 aromatic carbocycles. The minimum absolute atomic E-state index is 0.875. The van der Waals surface area contributed by atoms with Crippen molar-refractivity contribution in [3.8, 4) is 0 Å². The lowest BCUT2D eigenvalue weighted by Gasteiger charge is -2.28. The second-order valence-electron chi connectivity index (χ2n) is 4.71. The summed E-state index contributed by atoms with van der Waals surface area (Å²) < 4.78 is 1.75. The fourth-order valence-electron chi connectivity index (χ4n) is 2.07. The predicted molar refractivity (Wildman–Crippen MR) is 66.6 cm³/mol. The SMILES string of the molecule is CN(CCN1CCNCC1)Cc1cn(C)nn1. The Bertz CT molecular complexity index is 330. The number of nitrogens with one attached hydrogen (secondary N) is 1. The van der Waals surface area contributed by atoms with Crippen molar-refractivity contribution < 1.29 is 0 Å². The Morgan fingerprint density at radius 2 is 2.18 bits per heavy atom. The van der Waals surface area contributed by atoms with E-state index in [9.17, 15) is 0 Å². The molecule has 96 valence electrons. The molecule has 1 N–H and O–H groups in total. The molecule has 2 heterocycles.